The molecule has 3 nitrogen and oxygen atoms in total. The predicted octanol–water partition coefficient (Wildman–Crippen LogP) is 13.7. The summed E-state index contributed by atoms with van der Waals surface area (Å²) in [5, 5.41) is 9.76. The molecule has 0 N–H and O–H groups in total. The van der Waals surface area contributed by atoms with Crippen LogP contribution >= 0.6 is 11.3 Å². The minimum absolute atomic E-state index is 0.875. The Morgan fingerprint density at radius 1 is 0.440 bits per heavy atom. The van der Waals surface area contributed by atoms with Gasteiger partial charge in [-0.05, 0) is 89.6 Å². The Kier molecular flexibility index (Phi) is 5.83. The van der Waals surface area contributed by atoms with Gasteiger partial charge >= 0.3 is 0 Å². The van der Waals surface area contributed by atoms with Crippen LogP contribution in [0, 0.1) is 0 Å². The quantitative estimate of drug-likeness (QED) is 0.188. The molecule has 8 aromatic carbocycles. The number of thiophene rings is 1. The summed E-state index contributed by atoms with van der Waals surface area (Å²) in [6.45, 7) is 0. The van der Waals surface area contributed by atoms with E-state index in [1.807, 2.05) is 23.5 Å². The average Bonchev–Trinajstić information content (AvgIpc) is 3.83. The van der Waals surface area contributed by atoms with E-state index in [2.05, 4.69) is 167 Å². The van der Waals surface area contributed by atoms with Crippen LogP contribution in [0.15, 0.2) is 174 Å². The van der Waals surface area contributed by atoms with Crippen LogP contribution in [0.2, 0.25) is 0 Å². The van der Waals surface area contributed by atoms with Gasteiger partial charge < -0.3 is 13.9 Å². The molecule has 234 valence electrons. The Labute approximate surface area is 291 Å². The molecule has 0 amide bonds. The van der Waals surface area contributed by atoms with Crippen LogP contribution < -0.4 is 4.90 Å². The number of para-hydroxylation sites is 3. The van der Waals surface area contributed by atoms with Gasteiger partial charge in [-0.1, -0.05) is 84.9 Å². The van der Waals surface area contributed by atoms with Gasteiger partial charge in [-0.3, -0.25) is 0 Å². The maximum atomic E-state index is 6.45. The third kappa shape index (κ3) is 4.03. The number of rotatable bonds is 4. The molecule has 0 atom stereocenters. The van der Waals surface area contributed by atoms with Gasteiger partial charge in [-0.15, -0.1) is 11.3 Å². The predicted molar refractivity (Wildman–Crippen MR) is 213 cm³/mol. The van der Waals surface area contributed by atoms with E-state index in [1.165, 1.54) is 47.2 Å². The number of anilines is 3. The Balaban J connectivity index is 1.20. The molecule has 0 saturated carbocycles. The van der Waals surface area contributed by atoms with Crippen molar-refractivity contribution in [3.8, 4) is 5.69 Å². The van der Waals surface area contributed by atoms with E-state index in [0.717, 1.165) is 50.2 Å². The van der Waals surface area contributed by atoms with Crippen molar-refractivity contribution in [1.29, 1.82) is 0 Å². The molecule has 11 aromatic rings. The minimum atomic E-state index is 0.875. The number of furan rings is 1. The second-order valence-electron chi connectivity index (χ2n) is 13.0. The summed E-state index contributed by atoms with van der Waals surface area (Å²) in [6.07, 6.45) is 0. The fraction of sp³-hybridized carbons (Fsp3) is 0. The van der Waals surface area contributed by atoms with Crippen molar-refractivity contribution in [2.45, 2.75) is 0 Å². The van der Waals surface area contributed by atoms with Gasteiger partial charge in [0.15, 0.2) is 0 Å². The zero-order valence-electron chi connectivity index (χ0n) is 26.9. The molecule has 11 rings (SSSR count). The molecule has 0 fully saturated rings. The van der Waals surface area contributed by atoms with Crippen molar-refractivity contribution in [3.05, 3.63) is 170 Å². The first-order valence-corrected chi connectivity index (χ1v) is 17.7. The van der Waals surface area contributed by atoms with Gasteiger partial charge in [-0.2, -0.15) is 0 Å². The van der Waals surface area contributed by atoms with Gasteiger partial charge in [0.25, 0.3) is 0 Å². The molecule has 3 heterocycles. The summed E-state index contributed by atoms with van der Waals surface area (Å²) < 4.78 is 11.5. The molecule has 4 heteroatoms. The third-order valence-electron chi connectivity index (χ3n) is 10.1. The fourth-order valence-corrected chi connectivity index (χ4v) is 9.05. The summed E-state index contributed by atoms with van der Waals surface area (Å²) in [4.78, 5) is 2.41. The number of hydrogen-bond acceptors (Lipinski definition) is 3. The molecule has 0 spiro atoms. The highest BCUT2D eigenvalue weighted by Crippen LogP contribution is 2.46. The number of hydrogen-bond donors (Lipinski definition) is 0. The van der Waals surface area contributed by atoms with E-state index in [9.17, 15) is 0 Å². The lowest BCUT2D eigenvalue weighted by atomic mass is 10.0. The minimum Gasteiger partial charge on any atom is -0.456 e. The second kappa shape index (κ2) is 10.6. The van der Waals surface area contributed by atoms with Crippen LogP contribution in [0.3, 0.4) is 0 Å². The summed E-state index contributed by atoms with van der Waals surface area (Å²) in [5.41, 5.74) is 8.52. The summed E-state index contributed by atoms with van der Waals surface area (Å²) >= 11 is 1.86. The van der Waals surface area contributed by atoms with Crippen LogP contribution in [-0.2, 0) is 0 Å². The van der Waals surface area contributed by atoms with Crippen molar-refractivity contribution in [2.24, 2.45) is 0 Å². The highest BCUT2D eigenvalue weighted by molar-refractivity contribution is 7.25. The number of benzene rings is 8. The number of nitrogens with zero attached hydrogens (tertiary/aromatic N) is 2. The number of fused-ring (bicyclic) bond motifs is 10. The van der Waals surface area contributed by atoms with Crippen molar-refractivity contribution < 1.29 is 4.42 Å². The van der Waals surface area contributed by atoms with Crippen LogP contribution in [0.25, 0.3) is 80.4 Å². The van der Waals surface area contributed by atoms with Gasteiger partial charge in [0.05, 0.1) is 16.7 Å². The Morgan fingerprint density at radius 3 is 2.08 bits per heavy atom. The monoisotopic (exact) mass is 656 g/mol. The van der Waals surface area contributed by atoms with E-state index in [4.69, 9.17) is 4.42 Å². The first-order chi connectivity index (χ1) is 24.8. The summed E-state index contributed by atoms with van der Waals surface area (Å²) in [5.74, 6) is 0. The van der Waals surface area contributed by atoms with Crippen molar-refractivity contribution >= 4 is 103 Å². The normalized spacial score (nSPS) is 12.0. The lowest BCUT2D eigenvalue weighted by Gasteiger charge is -2.27. The smallest absolute Gasteiger partial charge is 0.137 e. The Morgan fingerprint density at radius 2 is 1.16 bits per heavy atom. The largest absolute Gasteiger partial charge is 0.456 e. The first kappa shape index (κ1) is 27.6. The van der Waals surface area contributed by atoms with E-state index in [-0.39, 0.29) is 0 Å². The topological polar surface area (TPSA) is 21.3 Å². The number of aromatic nitrogens is 1. The standard InChI is InChI=1S/C46H28N2OS/c1-2-11-31(12-3-1)48-39-16-7-4-15-37(39)46-40(17-10-18-41(46)48)47(33-23-24-35-34-13-5-8-19-42(34)49-43(35)28-33)32-22-21-29-26-38-36-14-6-9-20-44(36)50-45(38)27-30(29)25-32/h1-28H. The second-order valence-corrected chi connectivity index (χ2v) is 14.0. The third-order valence-corrected chi connectivity index (χ3v) is 11.3. The molecule has 0 bridgehead atoms. The molecular formula is C46H28N2OS. The van der Waals surface area contributed by atoms with E-state index >= 15 is 0 Å². The molecule has 0 aliphatic rings. The molecule has 0 saturated heterocycles. The van der Waals surface area contributed by atoms with Crippen molar-refractivity contribution in [2.75, 3.05) is 4.90 Å². The SMILES string of the molecule is c1ccc(-n2c3ccccc3c3c(N(c4ccc5cc6c(cc5c4)sc4ccccc46)c4ccc5c(c4)oc4ccccc45)cccc32)cc1. The van der Waals surface area contributed by atoms with Crippen LogP contribution in [0.4, 0.5) is 17.1 Å². The zero-order chi connectivity index (χ0) is 32.8. The maximum Gasteiger partial charge on any atom is 0.137 e. The molecule has 3 aromatic heterocycles. The van der Waals surface area contributed by atoms with Crippen molar-refractivity contribution in [1.82, 2.24) is 4.57 Å². The lowest BCUT2D eigenvalue weighted by Crippen LogP contribution is -2.10. The van der Waals surface area contributed by atoms with E-state index in [1.54, 1.807) is 0 Å². The van der Waals surface area contributed by atoms with Crippen LogP contribution in [0.5, 0.6) is 0 Å². The molecule has 0 aliphatic heterocycles. The van der Waals surface area contributed by atoms with E-state index < -0.39 is 0 Å². The highest BCUT2D eigenvalue weighted by Gasteiger charge is 2.22. The van der Waals surface area contributed by atoms with Gasteiger partial charge in [0.2, 0.25) is 0 Å². The zero-order valence-corrected chi connectivity index (χ0v) is 27.7. The summed E-state index contributed by atoms with van der Waals surface area (Å²) in [6, 6.07) is 61.3. The van der Waals surface area contributed by atoms with E-state index in [0.29, 0.717) is 0 Å². The molecular weight excluding hydrogens is 629 g/mol. The first-order valence-electron chi connectivity index (χ1n) is 16.9. The van der Waals surface area contributed by atoms with Crippen molar-refractivity contribution in [3.63, 3.8) is 0 Å². The highest BCUT2D eigenvalue weighted by atomic mass is 32.1. The molecule has 0 radical (unpaired) electrons. The van der Waals surface area contributed by atoms with Crippen LogP contribution in [-0.4, -0.2) is 4.57 Å². The molecule has 0 aliphatic carbocycles. The molecule has 0 unspecified atom stereocenters. The average molecular weight is 657 g/mol. The van der Waals surface area contributed by atoms with Gasteiger partial charge in [0, 0.05) is 64.8 Å². The Hall–Kier alpha value is -6.36. The fourth-order valence-electron chi connectivity index (χ4n) is 7.92. The maximum absolute atomic E-state index is 6.45. The Bertz CT molecular complexity index is 3110. The molecule has 50 heavy (non-hydrogen) atoms. The van der Waals surface area contributed by atoms with Crippen LogP contribution in [0.1, 0.15) is 0 Å². The lowest BCUT2D eigenvalue weighted by molar-refractivity contribution is 0.669. The summed E-state index contributed by atoms with van der Waals surface area (Å²) in [7, 11) is 0. The van der Waals surface area contributed by atoms with Gasteiger partial charge in [-0.25, -0.2) is 0 Å². The van der Waals surface area contributed by atoms with Gasteiger partial charge in [0.1, 0.15) is 11.2 Å².